The molecule has 19 heavy (non-hydrogen) atoms. The molecule has 1 unspecified atom stereocenters. The molecule has 0 bridgehead atoms. The van der Waals surface area contributed by atoms with E-state index in [1.54, 1.807) is 20.8 Å². The third-order valence-corrected chi connectivity index (χ3v) is 2.99. The zero-order valence-electron chi connectivity index (χ0n) is 11.7. The van der Waals surface area contributed by atoms with Crippen molar-refractivity contribution in [3.8, 4) is 0 Å². The molecule has 110 valence electrons. The first kappa shape index (κ1) is 15.9. The van der Waals surface area contributed by atoms with E-state index in [0.29, 0.717) is 0 Å². The van der Waals surface area contributed by atoms with Crippen LogP contribution in [0, 0.1) is 11.3 Å². The van der Waals surface area contributed by atoms with E-state index in [-0.39, 0.29) is 12.3 Å². The van der Waals surface area contributed by atoms with Gasteiger partial charge >= 0.3 is 11.9 Å². The molecule has 0 radical (unpaired) electrons. The second-order valence-corrected chi connectivity index (χ2v) is 5.91. The van der Waals surface area contributed by atoms with E-state index in [1.807, 2.05) is 0 Å². The summed E-state index contributed by atoms with van der Waals surface area (Å²) in [4.78, 5) is 23.8. The van der Waals surface area contributed by atoms with Crippen LogP contribution in [0.2, 0.25) is 0 Å². The van der Waals surface area contributed by atoms with Crippen molar-refractivity contribution in [3.05, 3.63) is 0 Å². The summed E-state index contributed by atoms with van der Waals surface area (Å²) >= 11 is 0. The molecule has 4 nitrogen and oxygen atoms in total. The maximum Gasteiger partial charge on any atom is 0.330 e. The van der Waals surface area contributed by atoms with Gasteiger partial charge in [0.05, 0.1) is 7.11 Å². The van der Waals surface area contributed by atoms with Crippen LogP contribution in [-0.2, 0) is 19.1 Å². The number of hydrogen-bond acceptors (Lipinski definition) is 4. The van der Waals surface area contributed by atoms with Crippen LogP contribution in [0.3, 0.4) is 0 Å². The van der Waals surface area contributed by atoms with Crippen molar-refractivity contribution >= 4 is 11.9 Å². The number of methoxy groups -OCH3 is 1. The Hall–Kier alpha value is -1.20. The molecule has 0 aliphatic heterocycles. The molecular weight excluding hydrogens is 258 g/mol. The van der Waals surface area contributed by atoms with Crippen molar-refractivity contribution in [2.45, 2.75) is 52.1 Å². The zero-order chi connectivity index (χ0) is 14.8. The highest BCUT2D eigenvalue weighted by molar-refractivity contribution is 6.00. The first-order chi connectivity index (χ1) is 8.63. The Morgan fingerprint density at radius 2 is 1.74 bits per heavy atom. The minimum atomic E-state index is -3.14. The van der Waals surface area contributed by atoms with E-state index in [1.165, 1.54) is 0 Å². The average molecular weight is 278 g/mol. The van der Waals surface area contributed by atoms with Crippen molar-refractivity contribution in [1.29, 1.82) is 0 Å². The molecule has 1 rings (SSSR count). The van der Waals surface area contributed by atoms with Gasteiger partial charge in [0.15, 0.2) is 0 Å². The summed E-state index contributed by atoms with van der Waals surface area (Å²) in [5.41, 5.74) is -3.43. The molecule has 1 aliphatic carbocycles. The van der Waals surface area contributed by atoms with Crippen LogP contribution in [0.15, 0.2) is 0 Å². The minimum absolute atomic E-state index is 0.0411. The summed E-state index contributed by atoms with van der Waals surface area (Å²) in [7, 11) is 0.997. The molecule has 0 saturated heterocycles. The standard InChI is InChI=1S/C13H20F2O4/c1-12(2,3)19-11(17)13(9(14)15,10(16)18-4)7-8-5-6-8/h8-9H,5-7H2,1-4H3. The second kappa shape index (κ2) is 5.43. The second-order valence-electron chi connectivity index (χ2n) is 5.91. The first-order valence-electron chi connectivity index (χ1n) is 6.23. The van der Waals surface area contributed by atoms with Crippen molar-refractivity contribution < 1.29 is 27.8 Å². The van der Waals surface area contributed by atoms with Crippen LogP contribution >= 0.6 is 0 Å². The number of carbonyl (C=O) groups excluding carboxylic acids is 2. The third-order valence-electron chi connectivity index (χ3n) is 2.99. The van der Waals surface area contributed by atoms with Gasteiger partial charge in [-0.15, -0.1) is 0 Å². The molecule has 1 fully saturated rings. The lowest BCUT2D eigenvalue weighted by molar-refractivity contribution is -0.191. The fraction of sp³-hybridized carbons (Fsp3) is 0.846. The molecule has 1 atom stereocenters. The lowest BCUT2D eigenvalue weighted by Crippen LogP contribution is -2.49. The van der Waals surface area contributed by atoms with E-state index in [9.17, 15) is 18.4 Å². The topological polar surface area (TPSA) is 52.6 Å². The maximum atomic E-state index is 13.4. The molecule has 0 aromatic carbocycles. The number of ether oxygens (including phenoxy) is 2. The predicted octanol–water partition coefficient (Wildman–Crippen LogP) is 2.55. The van der Waals surface area contributed by atoms with Gasteiger partial charge in [0.25, 0.3) is 6.43 Å². The van der Waals surface area contributed by atoms with E-state index in [4.69, 9.17) is 4.74 Å². The molecule has 6 heteroatoms. The van der Waals surface area contributed by atoms with Crippen LogP contribution in [0.25, 0.3) is 0 Å². The van der Waals surface area contributed by atoms with Gasteiger partial charge in [-0.05, 0) is 33.1 Å². The molecular formula is C13H20F2O4. The average Bonchev–Trinajstić information content (AvgIpc) is 3.05. The Labute approximate surface area is 111 Å². The van der Waals surface area contributed by atoms with Gasteiger partial charge in [0, 0.05) is 0 Å². The first-order valence-corrected chi connectivity index (χ1v) is 6.23. The smallest absolute Gasteiger partial charge is 0.330 e. The highest BCUT2D eigenvalue weighted by Gasteiger charge is 2.59. The van der Waals surface area contributed by atoms with Crippen LogP contribution in [-0.4, -0.2) is 31.1 Å². The fourth-order valence-electron chi connectivity index (χ4n) is 1.85. The van der Waals surface area contributed by atoms with Crippen molar-refractivity contribution in [2.75, 3.05) is 7.11 Å². The van der Waals surface area contributed by atoms with Crippen molar-refractivity contribution in [2.24, 2.45) is 11.3 Å². The monoisotopic (exact) mass is 278 g/mol. The Morgan fingerprint density at radius 1 is 1.21 bits per heavy atom. The molecule has 1 saturated carbocycles. The summed E-state index contributed by atoms with van der Waals surface area (Å²) in [6, 6.07) is 0. The Morgan fingerprint density at radius 3 is 2.05 bits per heavy atom. The third kappa shape index (κ3) is 3.64. The normalized spacial score (nSPS) is 18.9. The number of rotatable bonds is 5. The fourth-order valence-corrected chi connectivity index (χ4v) is 1.85. The number of hydrogen-bond donors (Lipinski definition) is 0. The SMILES string of the molecule is COC(=O)C(CC1CC1)(C(=O)OC(C)(C)C)C(F)F. The van der Waals surface area contributed by atoms with Gasteiger partial charge in [0.2, 0.25) is 5.41 Å². The van der Waals surface area contributed by atoms with Crippen LogP contribution < -0.4 is 0 Å². The summed E-state index contributed by atoms with van der Waals surface area (Å²) < 4.78 is 36.2. The van der Waals surface area contributed by atoms with Crippen LogP contribution in [0.5, 0.6) is 0 Å². The van der Waals surface area contributed by atoms with E-state index in [2.05, 4.69) is 4.74 Å². The van der Waals surface area contributed by atoms with E-state index in [0.717, 1.165) is 20.0 Å². The lowest BCUT2D eigenvalue weighted by Gasteiger charge is -2.31. The Kier molecular flexibility index (Phi) is 4.53. The van der Waals surface area contributed by atoms with Crippen LogP contribution in [0.4, 0.5) is 8.78 Å². The number of carbonyl (C=O) groups is 2. The summed E-state index contributed by atoms with van der Waals surface area (Å²) in [5.74, 6) is -2.46. The summed E-state index contributed by atoms with van der Waals surface area (Å²) in [5, 5.41) is 0. The summed E-state index contributed by atoms with van der Waals surface area (Å²) in [6.45, 7) is 4.70. The van der Waals surface area contributed by atoms with Gasteiger partial charge in [0.1, 0.15) is 5.60 Å². The highest BCUT2D eigenvalue weighted by atomic mass is 19.3. The quantitative estimate of drug-likeness (QED) is 0.573. The van der Waals surface area contributed by atoms with Crippen molar-refractivity contribution in [3.63, 3.8) is 0 Å². The molecule has 0 aromatic heterocycles. The number of esters is 2. The van der Waals surface area contributed by atoms with Gasteiger partial charge in [-0.25, -0.2) is 8.78 Å². The molecule has 0 aromatic rings. The Bertz CT molecular complexity index is 358. The highest BCUT2D eigenvalue weighted by Crippen LogP contribution is 2.45. The van der Waals surface area contributed by atoms with Gasteiger partial charge in [-0.3, -0.25) is 9.59 Å². The number of alkyl halides is 2. The van der Waals surface area contributed by atoms with E-state index >= 15 is 0 Å². The molecule has 0 spiro atoms. The largest absolute Gasteiger partial charge is 0.468 e. The molecule has 0 amide bonds. The van der Waals surface area contributed by atoms with Crippen molar-refractivity contribution in [1.82, 2.24) is 0 Å². The molecule has 0 heterocycles. The zero-order valence-corrected chi connectivity index (χ0v) is 11.7. The Balaban J connectivity index is 3.06. The van der Waals surface area contributed by atoms with Crippen LogP contribution in [0.1, 0.15) is 40.0 Å². The number of halogens is 2. The molecule has 0 N–H and O–H groups in total. The lowest BCUT2D eigenvalue weighted by atomic mass is 9.82. The minimum Gasteiger partial charge on any atom is -0.468 e. The summed E-state index contributed by atoms with van der Waals surface area (Å²) in [6.07, 6.45) is -1.87. The van der Waals surface area contributed by atoms with Gasteiger partial charge < -0.3 is 9.47 Å². The van der Waals surface area contributed by atoms with Gasteiger partial charge in [-0.1, -0.05) is 12.8 Å². The predicted molar refractivity (Wildman–Crippen MR) is 63.6 cm³/mol. The van der Waals surface area contributed by atoms with Gasteiger partial charge in [-0.2, -0.15) is 0 Å². The van der Waals surface area contributed by atoms with E-state index < -0.39 is 29.4 Å². The molecule has 1 aliphatic rings. The maximum absolute atomic E-state index is 13.4.